The number of hydrogen-bond acceptors (Lipinski definition) is 12. The van der Waals surface area contributed by atoms with Gasteiger partial charge in [0.25, 0.3) is 0 Å². The lowest BCUT2D eigenvalue weighted by Gasteiger charge is -2.24. The Morgan fingerprint density at radius 3 is 1.33 bits per heavy atom. The van der Waals surface area contributed by atoms with Gasteiger partial charge in [-0.05, 0) is 53.7 Å². The SMILES string of the molecule is COC(=O)[C@H](COC(C)(C)C)NCC(=O)Nc1cccc2c1C(=O)c1c(NC(=O)CN[C@H](COC(C)(C)C)C(=O)OC)cccc1C2=O. The molecule has 2 atom stereocenters. The molecule has 48 heavy (non-hydrogen) atoms. The molecular weight excluding hydrogens is 624 g/mol. The Hall–Kier alpha value is -4.50. The molecule has 2 amide bonds. The highest BCUT2D eigenvalue weighted by Crippen LogP contribution is 2.35. The van der Waals surface area contributed by atoms with Crippen molar-refractivity contribution in [1.82, 2.24) is 10.6 Å². The molecule has 0 unspecified atom stereocenters. The van der Waals surface area contributed by atoms with Crippen LogP contribution in [0.2, 0.25) is 0 Å². The highest BCUT2D eigenvalue weighted by atomic mass is 16.5. The number of fused-ring (bicyclic) bond motifs is 2. The Labute approximate surface area is 279 Å². The number of methoxy groups -OCH3 is 2. The van der Waals surface area contributed by atoms with Crippen molar-refractivity contribution in [3.8, 4) is 0 Å². The first kappa shape index (κ1) is 38.0. The third-order valence-electron chi connectivity index (χ3n) is 6.98. The lowest BCUT2D eigenvalue weighted by Crippen LogP contribution is -2.46. The van der Waals surface area contributed by atoms with Gasteiger partial charge in [0.2, 0.25) is 11.8 Å². The maximum absolute atomic E-state index is 14.0. The van der Waals surface area contributed by atoms with Gasteiger partial charge in [0.15, 0.2) is 11.6 Å². The molecule has 0 heterocycles. The van der Waals surface area contributed by atoms with E-state index >= 15 is 0 Å². The van der Waals surface area contributed by atoms with Crippen molar-refractivity contribution in [2.45, 2.75) is 64.8 Å². The summed E-state index contributed by atoms with van der Waals surface area (Å²) >= 11 is 0. The second kappa shape index (κ2) is 16.1. The number of carbonyl (C=O) groups excluding carboxylic acids is 6. The predicted octanol–water partition coefficient (Wildman–Crippen LogP) is 2.23. The van der Waals surface area contributed by atoms with E-state index in [-0.39, 0.29) is 59.9 Å². The van der Waals surface area contributed by atoms with E-state index < -0.39 is 58.6 Å². The largest absolute Gasteiger partial charge is 0.468 e. The van der Waals surface area contributed by atoms with Crippen molar-refractivity contribution in [2.24, 2.45) is 0 Å². The Bertz CT molecular complexity index is 1450. The molecule has 2 aromatic carbocycles. The summed E-state index contributed by atoms with van der Waals surface area (Å²) in [4.78, 5) is 78.0. The third kappa shape index (κ3) is 10.2. The van der Waals surface area contributed by atoms with E-state index in [4.69, 9.17) is 18.9 Å². The zero-order valence-electron chi connectivity index (χ0n) is 28.5. The maximum atomic E-state index is 14.0. The number of ether oxygens (including phenoxy) is 4. The van der Waals surface area contributed by atoms with Gasteiger partial charge in [-0.25, -0.2) is 0 Å². The highest BCUT2D eigenvalue weighted by Gasteiger charge is 2.34. The van der Waals surface area contributed by atoms with Gasteiger partial charge in [0.05, 0.1) is 74.2 Å². The number of nitrogens with one attached hydrogen (secondary N) is 4. The predicted molar refractivity (Wildman–Crippen MR) is 176 cm³/mol. The van der Waals surface area contributed by atoms with E-state index in [1.807, 2.05) is 41.5 Å². The number of benzene rings is 2. The normalized spacial score (nSPS) is 13.9. The first-order chi connectivity index (χ1) is 22.5. The Morgan fingerprint density at radius 2 is 1.00 bits per heavy atom. The maximum Gasteiger partial charge on any atom is 0.325 e. The average molecular weight is 669 g/mol. The van der Waals surface area contributed by atoms with Crippen LogP contribution < -0.4 is 21.3 Å². The number of esters is 2. The van der Waals surface area contributed by atoms with E-state index in [1.165, 1.54) is 50.6 Å². The summed E-state index contributed by atoms with van der Waals surface area (Å²) in [6.07, 6.45) is 0. The van der Waals surface area contributed by atoms with Gasteiger partial charge in [-0.2, -0.15) is 0 Å². The topological polar surface area (TPSA) is 187 Å². The molecule has 14 heteroatoms. The van der Waals surface area contributed by atoms with E-state index in [1.54, 1.807) is 0 Å². The van der Waals surface area contributed by atoms with E-state index in [2.05, 4.69) is 21.3 Å². The molecule has 0 fully saturated rings. The van der Waals surface area contributed by atoms with Gasteiger partial charge >= 0.3 is 11.9 Å². The van der Waals surface area contributed by atoms with Crippen LogP contribution in [-0.4, -0.2) is 99.1 Å². The minimum absolute atomic E-state index is 0.0474. The van der Waals surface area contributed by atoms with Gasteiger partial charge in [-0.3, -0.25) is 39.4 Å². The smallest absolute Gasteiger partial charge is 0.325 e. The summed E-state index contributed by atoms with van der Waals surface area (Å²) in [5.74, 6) is -3.50. The summed E-state index contributed by atoms with van der Waals surface area (Å²) in [5.41, 5.74) is -0.864. The molecule has 4 N–H and O–H groups in total. The second-order valence-electron chi connectivity index (χ2n) is 13.0. The molecule has 14 nitrogen and oxygen atoms in total. The summed E-state index contributed by atoms with van der Waals surface area (Å²) in [5, 5.41) is 10.9. The Balaban J connectivity index is 1.78. The van der Waals surface area contributed by atoms with Gasteiger partial charge in [0.1, 0.15) is 12.1 Å². The second-order valence-corrected chi connectivity index (χ2v) is 13.0. The lowest BCUT2D eigenvalue weighted by molar-refractivity contribution is -0.147. The molecule has 0 saturated carbocycles. The first-order valence-electron chi connectivity index (χ1n) is 15.3. The van der Waals surface area contributed by atoms with Crippen LogP contribution >= 0.6 is 0 Å². The third-order valence-corrected chi connectivity index (χ3v) is 6.98. The quantitative estimate of drug-likeness (QED) is 0.184. The molecule has 1 aliphatic carbocycles. The minimum Gasteiger partial charge on any atom is -0.468 e. The van der Waals surface area contributed by atoms with Crippen molar-refractivity contribution in [3.05, 3.63) is 58.7 Å². The number of rotatable bonds is 14. The van der Waals surface area contributed by atoms with Crippen LogP contribution in [0.5, 0.6) is 0 Å². The lowest BCUT2D eigenvalue weighted by atomic mass is 9.82. The van der Waals surface area contributed by atoms with E-state index in [9.17, 15) is 28.8 Å². The fraction of sp³-hybridized carbons (Fsp3) is 0.471. The summed E-state index contributed by atoms with van der Waals surface area (Å²) in [6.45, 7) is 10.2. The zero-order valence-corrected chi connectivity index (χ0v) is 28.5. The van der Waals surface area contributed by atoms with Crippen LogP contribution in [0, 0.1) is 0 Å². The number of ketones is 2. The average Bonchev–Trinajstić information content (AvgIpc) is 3.01. The minimum atomic E-state index is -0.936. The van der Waals surface area contributed by atoms with Crippen LogP contribution in [0.15, 0.2) is 36.4 Å². The molecule has 260 valence electrons. The van der Waals surface area contributed by atoms with Crippen molar-refractivity contribution in [1.29, 1.82) is 0 Å². The summed E-state index contributed by atoms with van der Waals surface area (Å²) in [6, 6.07) is 7.10. The van der Waals surface area contributed by atoms with E-state index in [0.29, 0.717) is 0 Å². The van der Waals surface area contributed by atoms with Crippen LogP contribution in [0.4, 0.5) is 11.4 Å². The van der Waals surface area contributed by atoms with Gasteiger partial charge in [-0.1, -0.05) is 24.3 Å². The Kier molecular flexibility index (Phi) is 12.7. The molecule has 0 aromatic heterocycles. The number of anilines is 2. The molecule has 0 radical (unpaired) electrons. The molecule has 0 spiro atoms. The molecule has 0 bridgehead atoms. The van der Waals surface area contributed by atoms with Gasteiger partial charge in [0, 0.05) is 11.1 Å². The molecular formula is C34H44N4O10. The summed E-state index contributed by atoms with van der Waals surface area (Å²) in [7, 11) is 2.45. The monoisotopic (exact) mass is 668 g/mol. The highest BCUT2D eigenvalue weighted by molar-refractivity contribution is 6.32. The van der Waals surface area contributed by atoms with Crippen LogP contribution in [0.3, 0.4) is 0 Å². The zero-order chi connectivity index (χ0) is 35.8. The van der Waals surface area contributed by atoms with Gasteiger partial charge in [-0.15, -0.1) is 0 Å². The standard InChI is InChI=1S/C34H44N4O10/c1-33(2,3)47-17-23(31(43)45-7)35-15-25(39)37-21-13-9-11-19-27(21)30(42)28-20(29(19)41)12-10-14-22(28)38-26(40)16-36-24(32(44)46-8)18-48-34(4,5)6/h9-14,23-24,35-36H,15-18H2,1-8H3,(H,37,39)(H,38,40)/t23-,24+. The molecule has 0 saturated heterocycles. The number of hydrogen-bond donors (Lipinski definition) is 4. The number of amides is 2. The fourth-order valence-electron chi connectivity index (χ4n) is 4.64. The van der Waals surface area contributed by atoms with Crippen molar-refractivity contribution < 1.29 is 47.7 Å². The molecule has 1 aliphatic rings. The number of carbonyl (C=O) groups is 6. The Morgan fingerprint density at radius 1 is 0.625 bits per heavy atom. The first-order valence-corrected chi connectivity index (χ1v) is 15.3. The van der Waals surface area contributed by atoms with Gasteiger partial charge < -0.3 is 29.6 Å². The molecule has 2 aromatic rings. The summed E-state index contributed by atoms with van der Waals surface area (Å²) < 4.78 is 21.0. The molecule has 3 rings (SSSR count). The van der Waals surface area contributed by atoms with Crippen molar-refractivity contribution in [2.75, 3.05) is 51.2 Å². The van der Waals surface area contributed by atoms with Crippen LogP contribution in [-0.2, 0) is 38.1 Å². The van der Waals surface area contributed by atoms with Crippen LogP contribution in [0.25, 0.3) is 0 Å². The van der Waals surface area contributed by atoms with Crippen molar-refractivity contribution in [3.63, 3.8) is 0 Å². The van der Waals surface area contributed by atoms with Crippen LogP contribution in [0.1, 0.15) is 73.4 Å². The van der Waals surface area contributed by atoms with E-state index in [0.717, 1.165) is 0 Å². The fourth-order valence-corrected chi connectivity index (χ4v) is 4.64. The molecule has 0 aliphatic heterocycles. The van der Waals surface area contributed by atoms with Crippen molar-refractivity contribution >= 4 is 46.7 Å².